The highest BCUT2D eigenvalue weighted by Crippen LogP contribution is 2.38. The Kier molecular flexibility index (Phi) is 4.16. The number of carbonyl (C=O) groups excluding carboxylic acids is 1. The average Bonchev–Trinajstić information content (AvgIpc) is 3.46. The summed E-state index contributed by atoms with van der Waals surface area (Å²) >= 11 is 0. The third-order valence-corrected chi connectivity index (χ3v) is 5.05. The zero-order valence-electron chi connectivity index (χ0n) is 15.3. The summed E-state index contributed by atoms with van der Waals surface area (Å²) in [5, 5.41) is 3.86. The first kappa shape index (κ1) is 18.5. The van der Waals surface area contributed by atoms with Crippen LogP contribution in [0, 0.1) is 0 Å². The van der Waals surface area contributed by atoms with E-state index in [1.807, 2.05) is 0 Å². The van der Waals surface area contributed by atoms with Gasteiger partial charge in [-0.2, -0.15) is 18.2 Å². The molecule has 154 valence electrons. The summed E-state index contributed by atoms with van der Waals surface area (Å²) in [6.45, 7) is 0.483. The van der Waals surface area contributed by atoms with Crippen LogP contribution in [0.3, 0.4) is 0 Å². The van der Waals surface area contributed by atoms with Crippen LogP contribution in [0.15, 0.2) is 47.0 Å². The van der Waals surface area contributed by atoms with Crippen LogP contribution in [-0.2, 0) is 11.0 Å². The van der Waals surface area contributed by atoms with Gasteiger partial charge in [-0.1, -0.05) is 17.3 Å². The van der Waals surface area contributed by atoms with Crippen LogP contribution in [0.1, 0.15) is 23.8 Å². The van der Waals surface area contributed by atoms with Gasteiger partial charge in [0.15, 0.2) is 11.5 Å². The van der Waals surface area contributed by atoms with Crippen LogP contribution in [0.25, 0.3) is 11.4 Å². The Labute approximate surface area is 168 Å². The lowest BCUT2D eigenvalue weighted by Crippen LogP contribution is -2.24. The van der Waals surface area contributed by atoms with E-state index < -0.39 is 11.7 Å². The summed E-state index contributed by atoms with van der Waals surface area (Å²) < 4.78 is 54.1. The standard InChI is InChI=1S/C20H14F3N3O4/c21-20(22,23)13-3-1-11(2-4-13)18-24-19(30-25-18)12-7-17(27)26(9-12)14-5-6-15-16(8-14)29-10-28-15/h1-6,8,12H,7,9-10H2. The van der Waals surface area contributed by atoms with E-state index in [4.69, 9.17) is 14.0 Å². The molecule has 0 aliphatic carbocycles. The fourth-order valence-electron chi connectivity index (χ4n) is 3.50. The number of ether oxygens (including phenoxy) is 2. The number of anilines is 1. The van der Waals surface area contributed by atoms with Crippen molar-refractivity contribution in [1.29, 1.82) is 0 Å². The largest absolute Gasteiger partial charge is 0.454 e. The van der Waals surface area contributed by atoms with Gasteiger partial charge >= 0.3 is 6.18 Å². The van der Waals surface area contributed by atoms with Crippen molar-refractivity contribution in [2.24, 2.45) is 0 Å². The Morgan fingerprint density at radius 1 is 1.03 bits per heavy atom. The third kappa shape index (κ3) is 3.23. The molecule has 1 atom stereocenters. The number of benzene rings is 2. The monoisotopic (exact) mass is 417 g/mol. The number of nitrogens with zero attached hydrogens (tertiary/aromatic N) is 3. The number of amides is 1. The summed E-state index contributed by atoms with van der Waals surface area (Å²) in [7, 11) is 0. The van der Waals surface area contributed by atoms with Crippen molar-refractivity contribution in [3.05, 3.63) is 53.9 Å². The van der Waals surface area contributed by atoms with Crippen molar-refractivity contribution >= 4 is 11.6 Å². The van der Waals surface area contributed by atoms with Crippen molar-refractivity contribution in [3.63, 3.8) is 0 Å². The van der Waals surface area contributed by atoms with Crippen LogP contribution in [0.4, 0.5) is 18.9 Å². The molecule has 1 fully saturated rings. The molecule has 1 amide bonds. The molecule has 7 nitrogen and oxygen atoms in total. The first-order valence-electron chi connectivity index (χ1n) is 9.10. The molecular weight excluding hydrogens is 403 g/mol. The van der Waals surface area contributed by atoms with Gasteiger partial charge in [-0.3, -0.25) is 4.79 Å². The molecule has 0 N–H and O–H groups in total. The van der Waals surface area contributed by atoms with Crippen molar-refractivity contribution < 1.29 is 32.0 Å². The summed E-state index contributed by atoms with van der Waals surface area (Å²) in [6, 6.07) is 9.76. The molecule has 2 aliphatic heterocycles. The first-order valence-corrected chi connectivity index (χ1v) is 9.10. The van der Waals surface area contributed by atoms with Gasteiger partial charge < -0.3 is 18.9 Å². The van der Waals surface area contributed by atoms with E-state index in [9.17, 15) is 18.0 Å². The fourth-order valence-corrected chi connectivity index (χ4v) is 3.50. The van der Waals surface area contributed by atoms with E-state index >= 15 is 0 Å². The number of rotatable bonds is 3. The first-order chi connectivity index (χ1) is 14.4. The van der Waals surface area contributed by atoms with Crippen molar-refractivity contribution in [2.75, 3.05) is 18.2 Å². The number of alkyl halides is 3. The highest BCUT2D eigenvalue weighted by molar-refractivity contribution is 5.96. The zero-order valence-corrected chi connectivity index (χ0v) is 15.3. The minimum absolute atomic E-state index is 0.104. The minimum atomic E-state index is -4.41. The van der Waals surface area contributed by atoms with Crippen LogP contribution in [0.2, 0.25) is 0 Å². The predicted molar refractivity (Wildman–Crippen MR) is 97.0 cm³/mol. The smallest absolute Gasteiger partial charge is 0.416 e. The second-order valence-electron chi connectivity index (χ2n) is 6.97. The van der Waals surface area contributed by atoms with Crippen LogP contribution < -0.4 is 14.4 Å². The molecule has 1 saturated heterocycles. The Bertz CT molecular complexity index is 1110. The molecule has 0 bridgehead atoms. The molecule has 5 rings (SSSR count). The number of fused-ring (bicyclic) bond motifs is 1. The van der Waals surface area contributed by atoms with Gasteiger partial charge in [0.25, 0.3) is 0 Å². The number of halogens is 3. The van der Waals surface area contributed by atoms with E-state index in [0.717, 1.165) is 12.1 Å². The number of hydrogen-bond acceptors (Lipinski definition) is 6. The van der Waals surface area contributed by atoms with Crippen LogP contribution in [-0.4, -0.2) is 29.4 Å². The topological polar surface area (TPSA) is 77.7 Å². The van der Waals surface area contributed by atoms with Gasteiger partial charge in [0.1, 0.15) is 0 Å². The molecular formula is C20H14F3N3O4. The molecule has 0 saturated carbocycles. The molecule has 3 heterocycles. The molecule has 1 unspecified atom stereocenters. The molecule has 2 aliphatic rings. The Hall–Kier alpha value is -3.56. The lowest BCUT2D eigenvalue weighted by atomic mass is 10.1. The summed E-state index contributed by atoms with van der Waals surface area (Å²) in [5.74, 6) is 1.21. The van der Waals surface area contributed by atoms with Gasteiger partial charge in [-0.05, 0) is 24.3 Å². The Morgan fingerprint density at radius 2 is 1.80 bits per heavy atom. The summed E-state index contributed by atoms with van der Waals surface area (Å²) in [5.41, 5.74) is 0.319. The number of hydrogen-bond donors (Lipinski definition) is 0. The molecule has 0 radical (unpaired) electrons. The molecule has 1 aromatic heterocycles. The Balaban J connectivity index is 1.34. The van der Waals surface area contributed by atoms with E-state index in [1.54, 1.807) is 23.1 Å². The maximum Gasteiger partial charge on any atom is 0.416 e. The second kappa shape index (κ2) is 6.75. The summed E-state index contributed by atoms with van der Waals surface area (Å²) in [6.07, 6.45) is -4.23. The van der Waals surface area contributed by atoms with Gasteiger partial charge in [-0.25, -0.2) is 0 Å². The van der Waals surface area contributed by atoms with Gasteiger partial charge in [0.2, 0.25) is 24.4 Å². The highest BCUT2D eigenvalue weighted by Gasteiger charge is 2.36. The average molecular weight is 417 g/mol. The Morgan fingerprint density at radius 3 is 2.57 bits per heavy atom. The van der Waals surface area contributed by atoms with Crippen LogP contribution in [0.5, 0.6) is 11.5 Å². The summed E-state index contributed by atoms with van der Waals surface area (Å²) in [4.78, 5) is 18.4. The maximum absolute atomic E-state index is 12.7. The second-order valence-corrected chi connectivity index (χ2v) is 6.97. The number of carbonyl (C=O) groups is 1. The molecule has 2 aromatic carbocycles. The van der Waals surface area contributed by atoms with E-state index in [-0.39, 0.29) is 36.8 Å². The lowest BCUT2D eigenvalue weighted by molar-refractivity contribution is -0.137. The third-order valence-electron chi connectivity index (χ3n) is 5.05. The van der Waals surface area contributed by atoms with Gasteiger partial charge in [0, 0.05) is 30.3 Å². The van der Waals surface area contributed by atoms with Crippen LogP contribution >= 0.6 is 0 Å². The quantitative estimate of drug-likeness (QED) is 0.641. The van der Waals surface area contributed by atoms with Crippen molar-refractivity contribution in [1.82, 2.24) is 10.1 Å². The van der Waals surface area contributed by atoms with Gasteiger partial charge in [0.05, 0.1) is 11.5 Å². The maximum atomic E-state index is 12.7. The molecule has 0 spiro atoms. The number of aromatic nitrogens is 2. The SMILES string of the molecule is O=C1CC(c2nc(-c3ccc(C(F)(F)F)cc3)no2)CN1c1ccc2c(c1)OCO2. The fraction of sp³-hybridized carbons (Fsp3) is 0.250. The normalized spacial score (nSPS) is 18.3. The molecule has 30 heavy (non-hydrogen) atoms. The van der Waals surface area contributed by atoms with Crippen molar-refractivity contribution in [3.8, 4) is 22.9 Å². The zero-order chi connectivity index (χ0) is 20.9. The predicted octanol–water partition coefficient (Wildman–Crippen LogP) is 4.00. The van der Waals surface area contributed by atoms with Gasteiger partial charge in [-0.15, -0.1) is 0 Å². The van der Waals surface area contributed by atoms with Crippen molar-refractivity contribution in [2.45, 2.75) is 18.5 Å². The minimum Gasteiger partial charge on any atom is -0.454 e. The molecule has 3 aromatic rings. The van der Waals surface area contributed by atoms with E-state index in [2.05, 4.69) is 10.1 Å². The van der Waals surface area contributed by atoms with E-state index in [0.29, 0.717) is 29.3 Å². The lowest BCUT2D eigenvalue weighted by Gasteiger charge is -2.16. The highest BCUT2D eigenvalue weighted by atomic mass is 19.4. The molecule has 10 heteroatoms. The van der Waals surface area contributed by atoms with E-state index in [1.165, 1.54) is 12.1 Å².